The van der Waals surface area contributed by atoms with E-state index in [0.717, 1.165) is 12.1 Å². The minimum Gasteiger partial charge on any atom is -0.324 e. The first kappa shape index (κ1) is 17.7. The molecule has 0 amide bonds. The van der Waals surface area contributed by atoms with Gasteiger partial charge in [0.1, 0.15) is 11.6 Å². The van der Waals surface area contributed by atoms with Gasteiger partial charge in [0, 0.05) is 6.04 Å². The van der Waals surface area contributed by atoms with E-state index >= 15 is 0 Å². The van der Waals surface area contributed by atoms with Crippen LogP contribution >= 0.6 is 11.6 Å². The van der Waals surface area contributed by atoms with E-state index in [1.54, 1.807) is 0 Å². The van der Waals surface area contributed by atoms with Crippen LogP contribution in [0.2, 0.25) is 5.02 Å². The second-order valence-corrected chi connectivity index (χ2v) is 5.54. The molecule has 124 valence electrons. The molecule has 0 aliphatic rings. The molecule has 7 heteroatoms. The average Bonchev–Trinajstić information content (AvgIpc) is 2.47. The van der Waals surface area contributed by atoms with E-state index in [1.807, 2.05) is 0 Å². The molecular weight excluding hydrogens is 337 g/mol. The summed E-state index contributed by atoms with van der Waals surface area (Å²) in [7, 11) is 0. The fourth-order valence-electron chi connectivity index (χ4n) is 2.17. The molecular formula is C16H13ClF5N. The van der Waals surface area contributed by atoms with Gasteiger partial charge in [-0.25, -0.2) is 8.78 Å². The minimum absolute atomic E-state index is 0.0304. The highest BCUT2D eigenvalue weighted by molar-refractivity contribution is 6.30. The number of rotatable bonds is 4. The van der Waals surface area contributed by atoms with Gasteiger partial charge in [-0.1, -0.05) is 23.7 Å². The predicted molar refractivity (Wildman–Crippen MR) is 78.1 cm³/mol. The lowest BCUT2D eigenvalue weighted by atomic mass is 9.98. The number of aryl methyl sites for hydroxylation is 1. The Balaban J connectivity index is 2.11. The second-order valence-electron chi connectivity index (χ2n) is 5.13. The Hall–Kier alpha value is -1.66. The van der Waals surface area contributed by atoms with Crippen molar-refractivity contribution in [2.24, 2.45) is 5.73 Å². The van der Waals surface area contributed by atoms with E-state index in [4.69, 9.17) is 17.3 Å². The Morgan fingerprint density at radius 1 is 1.00 bits per heavy atom. The molecule has 1 nitrogen and oxygen atoms in total. The summed E-state index contributed by atoms with van der Waals surface area (Å²) in [6.45, 7) is 0. The standard InChI is InChI=1S/C16H13ClF5N/c17-12-7-9(1-4-14(12)19)2-6-15(23)10-3-5-13(18)11(8-10)16(20,21)22/h1,3-5,7-8,15H,2,6,23H2/t15-/m0/s1. The summed E-state index contributed by atoms with van der Waals surface area (Å²) >= 11 is 5.66. The topological polar surface area (TPSA) is 26.0 Å². The van der Waals surface area contributed by atoms with Crippen LogP contribution in [-0.2, 0) is 12.6 Å². The van der Waals surface area contributed by atoms with Crippen LogP contribution in [0.3, 0.4) is 0 Å². The van der Waals surface area contributed by atoms with Crippen molar-refractivity contribution in [3.8, 4) is 0 Å². The minimum atomic E-state index is -4.77. The third kappa shape index (κ3) is 4.42. The quantitative estimate of drug-likeness (QED) is 0.748. The molecule has 0 heterocycles. The van der Waals surface area contributed by atoms with Gasteiger partial charge in [-0.2, -0.15) is 13.2 Å². The highest BCUT2D eigenvalue weighted by atomic mass is 35.5. The number of alkyl halides is 3. The highest BCUT2D eigenvalue weighted by Crippen LogP contribution is 2.33. The Labute approximate surface area is 134 Å². The first-order valence-corrected chi connectivity index (χ1v) is 7.12. The smallest absolute Gasteiger partial charge is 0.324 e. The lowest BCUT2D eigenvalue weighted by molar-refractivity contribution is -0.140. The van der Waals surface area contributed by atoms with Gasteiger partial charge in [0.25, 0.3) is 0 Å². The molecule has 0 unspecified atom stereocenters. The van der Waals surface area contributed by atoms with Gasteiger partial charge in [-0.3, -0.25) is 0 Å². The van der Waals surface area contributed by atoms with Crippen molar-refractivity contribution in [1.82, 2.24) is 0 Å². The maximum atomic E-state index is 13.3. The fourth-order valence-corrected chi connectivity index (χ4v) is 2.38. The molecule has 1 atom stereocenters. The molecule has 2 N–H and O–H groups in total. The van der Waals surface area contributed by atoms with Gasteiger partial charge in [0.05, 0.1) is 10.6 Å². The average molecular weight is 350 g/mol. The van der Waals surface area contributed by atoms with Crippen molar-refractivity contribution in [3.05, 3.63) is 69.7 Å². The van der Waals surface area contributed by atoms with Crippen LogP contribution in [0.5, 0.6) is 0 Å². The molecule has 0 radical (unpaired) electrons. The van der Waals surface area contributed by atoms with Gasteiger partial charge in [-0.05, 0) is 48.2 Å². The summed E-state index contributed by atoms with van der Waals surface area (Å²) < 4.78 is 64.4. The van der Waals surface area contributed by atoms with Gasteiger partial charge in [0.2, 0.25) is 0 Å². The zero-order chi connectivity index (χ0) is 17.2. The molecule has 0 fully saturated rings. The summed E-state index contributed by atoms with van der Waals surface area (Å²) in [6, 6.07) is 6.18. The largest absolute Gasteiger partial charge is 0.419 e. The molecule has 2 aromatic carbocycles. The third-order valence-electron chi connectivity index (χ3n) is 3.45. The van der Waals surface area contributed by atoms with Crippen LogP contribution < -0.4 is 5.73 Å². The Morgan fingerprint density at radius 2 is 1.65 bits per heavy atom. The number of halogens is 6. The zero-order valence-corrected chi connectivity index (χ0v) is 12.6. The molecule has 2 rings (SSSR count). The summed E-state index contributed by atoms with van der Waals surface area (Å²) in [5.41, 5.74) is 5.44. The van der Waals surface area contributed by atoms with Crippen LogP contribution in [0.4, 0.5) is 22.0 Å². The van der Waals surface area contributed by atoms with Crippen molar-refractivity contribution in [3.63, 3.8) is 0 Å². The van der Waals surface area contributed by atoms with Crippen LogP contribution in [0.25, 0.3) is 0 Å². The van der Waals surface area contributed by atoms with E-state index in [0.29, 0.717) is 18.4 Å². The third-order valence-corrected chi connectivity index (χ3v) is 3.74. The lowest BCUT2D eigenvalue weighted by Crippen LogP contribution is -2.14. The number of hydrogen-bond acceptors (Lipinski definition) is 1. The molecule has 2 aromatic rings. The first-order chi connectivity index (χ1) is 10.7. The molecule has 0 saturated carbocycles. The lowest BCUT2D eigenvalue weighted by Gasteiger charge is -2.15. The van der Waals surface area contributed by atoms with Crippen LogP contribution in [-0.4, -0.2) is 0 Å². The van der Waals surface area contributed by atoms with Crippen LogP contribution in [0.1, 0.15) is 29.2 Å². The van der Waals surface area contributed by atoms with Gasteiger partial charge >= 0.3 is 6.18 Å². The summed E-state index contributed by atoms with van der Waals surface area (Å²) in [4.78, 5) is 0. The van der Waals surface area contributed by atoms with Crippen LogP contribution in [0, 0.1) is 11.6 Å². The number of nitrogens with two attached hydrogens (primary N) is 1. The van der Waals surface area contributed by atoms with E-state index in [1.165, 1.54) is 24.3 Å². The van der Waals surface area contributed by atoms with Crippen molar-refractivity contribution in [2.45, 2.75) is 25.1 Å². The number of hydrogen-bond donors (Lipinski definition) is 1. The highest BCUT2D eigenvalue weighted by Gasteiger charge is 2.34. The van der Waals surface area contributed by atoms with Crippen molar-refractivity contribution >= 4 is 11.6 Å². The predicted octanol–water partition coefficient (Wildman–Crippen LogP) is 5.27. The van der Waals surface area contributed by atoms with Crippen molar-refractivity contribution < 1.29 is 22.0 Å². The summed E-state index contributed by atoms with van der Waals surface area (Å²) in [5, 5.41) is -0.0304. The SMILES string of the molecule is N[C@@H](CCc1ccc(F)c(Cl)c1)c1ccc(F)c(C(F)(F)F)c1. The second kappa shape index (κ2) is 6.84. The molecule has 0 aliphatic heterocycles. The van der Waals surface area contributed by atoms with E-state index < -0.39 is 29.4 Å². The van der Waals surface area contributed by atoms with Gasteiger partial charge in [-0.15, -0.1) is 0 Å². The molecule has 0 saturated heterocycles. The Bertz CT molecular complexity index is 699. The normalized spacial score (nSPS) is 13.2. The van der Waals surface area contributed by atoms with E-state index in [9.17, 15) is 22.0 Å². The van der Waals surface area contributed by atoms with E-state index in [2.05, 4.69) is 0 Å². The molecule has 0 aromatic heterocycles. The Morgan fingerprint density at radius 3 is 2.26 bits per heavy atom. The number of benzene rings is 2. The van der Waals surface area contributed by atoms with Crippen molar-refractivity contribution in [2.75, 3.05) is 0 Å². The van der Waals surface area contributed by atoms with E-state index in [-0.39, 0.29) is 10.6 Å². The summed E-state index contributed by atoms with van der Waals surface area (Å²) in [6.07, 6.45) is -4.06. The molecule has 0 aliphatic carbocycles. The molecule has 23 heavy (non-hydrogen) atoms. The molecule has 0 bridgehead atoms. The van der Waals surface area contributed by atoms with Gasteiger partial charge in [0.15, 0.2) is 0 Å². The zero-order valence-electron chi connectivity index (χ0n) is 11.8. The monoisotopic (exact) mass is 349 g/mol. The Kier molecular flexibility index (Phi) is 5.26. The maximum absolute atomic E-state index is 13.3. The fraction of sp³-hybridized carbons (Fsp3) is 0.250. The van der Waals surface area contributed by atoms with Crippen LogP contribution in [0.15, 0.2) is 36.4 Å². The first-order valence-electron chi connectivity index (χ1n) is 6.74. The maximum Gasteiger partial charge on any atom is 0.419 e. The molecule has 0 spiro atoms. The van der Waals surface area contributed by atoms with Gasteiger partial charge < -0.3 is 5.73 Å². The summed E-state index contributed by atoms with van der Waals surface area (Å²) in [5.74, 6) is -1.88. The van der Waals surface area contributed by atoms with Crippen molar-refractivity contribution in [1.29, 1.82) is 0 Å².